The van der Waals surface area contributed by atoms with E-state index < -0.39 is 0 Å². The smallest absolute Gasteiger partial charge is 0.280 e. The predicted molar refractivity (Wildman–Crippen MR) is 100 cm³/mol. The molecule has 7 nitrogen and oxygen atoms in total. The van der Waals surface area contributed by atoms with Crippen LogP contribution in [-0.4, -0.2) is 28.0 Å². The van der Waals surface area contributed by atoms with Crippen molar-refractivity contribution < 1.29 is 9.53 Å². The van der Waals surface area contributed by atoms with E-state index in [-0.39, 0.29) is 17.4 Å². The van der Waals surface area contributed by atoms with Gasteiger partial charge in [-0.25, -0.2) is 4.68 Å². The van der Waals surface area contributed by atoms with Crippen molar-refractivity contribution in [2.45, 2.75) is 19.9 Å². The largest absolute Gasteiger partial charge is 0.497 e. The Morgan fingerprint density at radius 3 is 2.73 bits per heavy atom. The number of carbonyl (C=O) groups is 1. The fourth-order valence-electron chi connectivity index (χ4n) is 2.60. The van der Waals surface area contributed by atoms with Gasteiger partial charge in [0.2, 0.25) is 0 Å². The van der Waals surface area contributed by atoms with Crippen molar-refractivity contribution in [1.82, 2.24) is 15.0 Å². The summed E-state index contributed by atoms with van der Waals surface area (Å²) < 4.78 is 6.70. The Labute approximate surface area is 151 Å². The van der Waals surface area contributed by atoms with E-state index in [1.807, 2.05) is 48.5 Å². The summed E-state index contributed by atoms with van der Waals surface area (Å²) in [6.45, 7) is 2.46. The first-order valence-electron chi connectivity index (χ1n) is 8.33. The lowest BCUT2D eigenvalue weighted by atomic mass is 10.1. The van der Waals surface area contributed by atoms with Crippen LogP contribution in [0.15, 0.2) is 48.5 Å². The molecule has 0 atom stereocenters. The van der Waals surface area contributed by atoms with Gasteiger partial charge in [-0.1, -0.05) is 36.4 Å². The number of nitrogens with two attached hydrogens (primary N) is 1. The van der Waals surface area contributed by atoms with Crippen LogP contribution >= 0.6 is 0 Å². The minimum absolute atomic E-state index is 0.106. The molecule has 0 saturated heterocycles. The molecule has 0 fully saturated rings. The van der Waals surface area contributed by atoms with Crippen LogP contribution in [0.2, 0.25) is 0 Å². The van der Waals surface area contributed by atoms with Crippen molar-refractivity contribution in [3.63, 3.8) is 0 Å². The lowest BCUT2D eigenvalue weighted by molar-refractivity contribution is 0.102. The number of aryl methyl sites for hydroxylation is 1. The van der Waals surface area contributed by atoms with Crippen molar-refractivity contribution in [3.8, 4) is 5.75 Å². The maximum absolute atomic E-state index is 12.5. The molecule has 1 heterocycles. The van der Waals surface area contributed by atoms with Crippen molar-refractivity contribution >= 4 is 17.4 Å². The van der Waals surface area contributed by atoms with Gasteiger partial charge in [-0.3, -0.25) is 4.79 Å². The maximum atomic E-state index is 12.5. The number of nitrogens with zero attached hydrogens (tertiary/aromatic N) is 3. The Balaban J connectivity index is 1.76. The van der Waals surface area contributed by atoms with Crippen LogP contribution in [0.5, 0.6) is 5.75 Å². The van der Waals surface area contributed by atoms with Crippen LogP contribution in [0.1, 0.15) is 28.5 Å². The van der Waals surface area contributed by atoms with E-state index in [0.29, 0.717) is 12.2 Å². The summed E-state index contributed by atoms with van der Waals surface area (Å²) in [7, 11) is 1.61. The molecule has 0 unspecified atom stereocenters. The number of hydrogen-bond acceptors (Lipinski definition) is 5. The molecular formula is C19H21N5O2. The van der Waals surface area contributed by atoms with Crippen LogP contribution in [0.3, 0.4) is 0 Å². The third-order valence-corrected chi connectivity index (χ3v) is 4.05. The zero-order valence-electron chi connectivity index (χ0n) is 14.8. The van der Waals surface area contributed by atoms with Gasteiger partial charge in [-0.15, -0.1) is 5.10 Å². The molecule has 0 aliphatic rings. The fourth-order valence-corrected chi connectivity index (χ4v) is 2.60. The zero-order valence-corrected chi connectivity index (χ0v) is 14.8. The third-order valence-electron chi connectivity index (χ3n) is 4.05. The van der Waals surface area contributed by atoms with Crippen LogP contribution < -0.4 is 15.8 Å². The highest BCUT2D eigenvalue weighted by Crippen LogP contribution is 2.17. The summed E-state index contributed by atoms with van der Waals surface area (Å²) in [6.07, 6.45) is 0.891. The second kappa shape index (κ2) is 7.69. The Kier molecular flexibility index (Phi) is 5.17. The highest BCUT2D eigenvalue weighted by atomic mass is 16.5. The summed E-state index contributed by atoms with van der Waals surface area (Å²) in [4.78, 5) is 12.5. The average molecular weight is 351 g/mol. The predicted octanol–water partition coefficient (Wildman–Crippen LogP) is 2.73. The standard InChI is InChI=1S/C19H21N5O2/c1-3-13-6-4-8-15(10-13)21-19(25)17-18(20)24(23-22-17)12-14-7-5-9-16(11-14)26-2/h4-11H,3,12,20H2,1-2H3,(H,21,25). The van der Waals surface area contributed by atoms with E-state index in [0.717, 1.165) is 23.3 Å². The van der Waals surface area contributed by atoms with E-state index in [1.165, 1.54) is 4.68 Å². The molecular weight excluding hydrogens is 330 g/mol. The molecule has 1 aromatic heterocycles. The first-order valence-corrected chi connectivity index (χ1v) is 8.33. The van der Waals surface area contributed by atoms with E-state index in [1.54, 1.807) is 7.11 Å². The second-order valence-electron chi connectivity index (χ2n) is 5.84. The first kappa shape index (κ1) is 17.5. The lowest BCUT2D eigenvalue weighted by Gasteiger charge is -2.07. The van der Waals surface area contributed by atoms with Crippen LogP contribution in [0.4, 0.5) is 11.5 Å². The molecule has 26 heavy (non-hydrogen) atoms. The van der Waals surface area contributed by atoms with Gasteiger partial charge in [0.05, 0.1) is 13.7 Å². The molecule has 3 aromatic rings. The quantitative estimate of drug-likeness (QED) is 0.712. The fraction of sp³-hybridized carbons (Fsp3) is 0.211. The third kappa shape index (κ3) is 3.83. The number of ether oxygens (including phenoxy) is 1. The summed E-state index contributed by atoms with van der Waals surface area (Å²) in [5.41, 5.74) is 8.97. The van der Waals surface area contributed by atoms with E-state index in [4.69, 9.17) is 10.5 Å². The number of nitrogens with one attached hydrogen (secondary N) is 1. The summed E-state index contributed by atoms with van der Waals surface area (Å²) >= 11 is 0. The minimum atomic E-state index is -0.382. The second-order valence-corrected chi connectivity index (χ2v) is 5.84. The summed E-state index contributed by atoms with van der Waals surface area (Å²) in [6, 6.07) is 15.2. The van der Waals surface area contributed by atoms with Gasteiger partial charge >= 0.3 is 0 Å². The molecule has 0 aliphatic heterocycles. The van der Waals surface area contributed by atoms with Crippen molar-refractivity contribution in [1.29, 1.82) is 0 Å². The normalized spacial score (nSPS) is 10.5. The van der Waals surface area contributed by atoms with E-state index in [2.05, 4.69) is 22.6 Å². The number of nitrogen functional groups attached to an aromatic ring is 1. The highest BCUT2D eigenvalue weighted by Gasteiger charge is 2.18. The number of benzene rings is 2. The maximum Gasteiger partial charge on any atom is 0.280 e. The summed E-state index contributed by atoms with van der Waals surface area (Å²) in [5, 5.41) is 10.8. The molecule has 7 heteroatoms. The lowest BCUT2D eigenvalue weighted by Crippen LogP contribution is -2.15. The molecule has 3 rings (SSSR count). The summed E-state index contributed by atoms with van der Waals surface area (Å²) in [5.74, 6) is 0.583. The Bertz CT molecular complexity index is 920. The van der Waals surface area contributed by atoms with Gasteiger partial charge in [-0.2, -0.15) is 0 Å². The van der Waals surface area contributed by atoms with Gasteiger partial charge in [0.1, 0.15) is 5.75 Å². The molecule has 0 bridgehead atoms. The number of rotatable bonds is 6. The van der Waals surface area contributed by atoms with Crippen LogP contribution in [-0.2, 0) is 13.0 Å². The molecule has 3 N–H and O–H groups in total. The Hall–Kier alpha value is -3.35. The van der Waals surface area contributed by atoms with Crippen molar-refractivity contribution in [2.75, 3.05) is 18.2 Å². The average Bonchev–Trinajstić information content (AvgIpc) is 3.02. The number of hydrogen-bond donors (Lipinski definition) is 2. The molecule has 134 valence electrons. The Morgan fingerprint density at radius 1 is 1.19 bits per heavy atom. The van der Waals surface area contributed by atoms with Gasteiger partial charge in [0, 0.05) is 5.69 Å². The number of methoxy groups -OCH3 is 1. The van der Waals surface area contributed by atoms with E-state index in [9.17, 15) is 4.79 Å². The van der Waals surface area contributed by atoms with Gasteiger partial charge in [0.15, 0.2) is 11.5 Å². The topological polar surface area (TPSA) is 95.1 Å². The molecule has 0 spiro atoms. The molecule has 0 aliphatic carbocycles. The molecule has 2 aromatic carbocycles. The van der Waals surface area contributed by atoms with Crippen LogP contribution in [0, 0.1) is 0 Å². The van der Waals surface area contributed by atoms with Gasteiger partial charge in [0.25, 0.3) is 5.91 Å². The molecule has 0 saturated carbocycles. The number of carbonyl (C=O) groups excluding carboxylic acids is 1. The zero-order chi connectivity index (χ0) is 18.5. The van der Waals surface area contributed by atoms with Gasteiger partial charge in [-0.05, 0) is 41.8 Å². The monoisotopic (exact) mass is 351 g/mol. The molecule has 1 amide bonds. The number of aromatic nitrogens is 3. The molecule has 0 radical (unpaired) electrons. The number of amides is 1. The Morgan fingerprint density at radius 2 is 1.96 bits per heavy atom. The van der Waals surface area contributed by atoms with E-state index >= 15 is 0 Å². The highest BCUT2D eigenvalue weighted by molar-refractivity contribution is 6.05. The number of anilines is 2. The van der Waals surface area contributed by atoms with Crippen molar-refractivity contribution in [3.05, 3.63) is 65.4 Å². The van der Waals surface area contributed by atoms with Gasteiger partial charge < -0.3 is 15.8 Å². The van der Waals surface area contributed by atoms with Crippen LogP contribution in [0.25, 0.3) is 0 Å². The SMILES string of the molecule is CCc1cccc(NC(=O)c2nnn(Cc3cccc(OC)c3)c2N)c1. The first-order chi connectivity index (χ1) is 12.6. The van der Waals surface area contributed by atoms with Crippen molar-refractivity contribution in [2.24, 2.45) is 0 Å². The minimum Gasteiger partial charge on any atom is -0.497 e.